The average Bonchev–Trinajstić information content (AvgIpc) is 3.07. The lowest BCUT2D eigenvalue weighted by Gasteiger charge is -2.35. The number of fused-ring (bicyclic) bond motifs is 1. The quantitative estimate of drug-likeness (QED) is 0.388. The number of carbonyl (C=O) groups excluding carboxylic acids is 2. The van der Waals surface area contributed by atoms with Gasteiger partial charge in [0, 0.05) is 15.5 Å². The summed E-state index contributed by atoms with van der Waals surface area (Å²) < 4.78 is 48.4. The standard InChI is InChI=1S/C23H23ClF3N3O3S/c1-2-33-21(32)22(23(25,26)27,29-19(31)14-8-7-9-15(24)12-14)30-20-17(13-28)16-10-5-3-4-6-11-18(16)34-20/h7-9,12,30H,2-6,10-11H2,1H3,(H,29,31)/t22-/m1/s1. The Morgan fingerprint density at radius 1 is 1.21 bits per heavy atom. The van der Waals surface area contributed by atoms with Gasteiger partial charge in [-0.05, 0) is 56.4 Å². The number of hydrogen-bond donors (Lipinski definition) is 2. The van der Waals surface area contributed by atoms with Crippen molar-refractivity contribution in [3.05, 3.63) is 50.9 Å². The number of nitriles is 1. The first kappa shape index (κ1) is 25.8. The molecule has 0 bridgehead atoms. The molecule has 0 radical (unpaired) electrons. The topological polar surface area (TPSA) is 91.2 Å². The number of alkyl halides is 3. The Bertz CT molecular complexity index is 1110. The minimum absolute atomic E-state index is 0.0526. The summed E-state index contributed by atoms with van der Waals surface area (Å²) in [6, 6.07) is 7.30. The van der Waals surface area contributed by atoms with E-state index in [2.05, 4.69) is 5.32 Å². The summed E-state index contributed by atoms with van der Waals surface area (Å²) in [5.41, 5.74) is -3.05. The second-order valence-corrected chi connectivity index (χ2v) is 9.33. The first-order valence-corrected chi connectivity index (χ1v) is 12.0. The number of benzene rings is 1. The summed E-state index contributed by atoms with van der Waals surface area (Å²) in [7, 11) is 0. The van der Waals surface area contributed by atoms with Crippen LogP contribution in [0, 0.1) is 11.3 Å². The summed E-state index contributed by atoms with van der Waals surface area (Å²) in [6.07, 6.45) is -0.496. The van der Waals surface area contributed by atoms with Crippen molar-refractivity contribution in [3.8, 4) is 6.07 Å². The number of amides is 1. The zero-order chi connectivity index (χ0) is 24.9. The summed E-state index contributed by atoms with van der Waals surface area (Å²) in [5, 5.41) is 13.8. The highest BCUT2D eigenvalue weighted by atomic mass is 35.5. The average molecular weight is 514 g/mol. The highest BCUT2D eigenvalue weighted by Crippen LogP contribution is 2.41. The smallest absolute Gasteiger partial charge is 0.441 e. The molecule has 0 fully saturated rings. The third-order valence-corrected chi connectivity index (χ3v) is 6.92. The molecule has 34 heavy (non-hydrogen) atoms. The molecular formula is C23H23ClF3N3O3S. The molecule has 6 nitrogen and oxygen atoms in total. The Morgan fingerprint density at radius 3 is 2.53 bits per heavy atom. The number of nitrogens with zero attached hydrogens (tertiary/aromatic N) is 1. The third-order valence-electron chi connectivity index (χ3n) is 5.48. The van der Waals surface area contributed by atoms with Gasteiger partial charge in [-0.1, -0.05) is 30.5 Å². The number of aryl methyl sites for hydroxylation is 1. The number of halogens is 4. The molecule has 3 rings (SSSR count). The second-order valence-electron chi connectivity index (χ2n) is 7.79. The first-order chi connectivity index (χ1) is 16.1. The first-order valence-electron chi connectivity index (χ1n) is 10.8. The van der Waals surface area contributed by atoms with E-state index in [4.69, 9.17) is 16.3 Å². The molecule has 182 valence electrons. The molecule has 0 aliphatic heterocycles. The largest absolute Gasteiger partial charge is 0.463 e. The van der Waals surface area contributed by atoms with E-state index < -0.39 is 23.7 Å². The lowest BCUT2D eigenvalue weighted by molar-refractivity contribution is -0.204. The molecule has 0 unspecified atom stereocenters. The van der Waals surface area contributed by atoms with E-state index in [9.17, 15) is 28.0 Å². The molecular weight excluding hydrogens is 491 g/mol. The Balaban J connectivity index is 2.10. The van der Waals surface area contributed by atoms with Crippen LogP contribution in [-0.4, -0.2) is 30.3 Å². The van der Waals surface area contributed by atoms with Crippen LogP contribution >= 0.6 is 22.9 Å². The van der Waals surface area contributed by atoms with Crippen LogP contribution in [0.5, 0.6) is 0 Å². The third kappa shape index (κ3) is 5.31. The number of nitrogens with one attached hydrogen (secondary N) is 2. The van der Waals surface area contributed by atoms with Crippen molar-refractivity contribution in [1.29, 1.82) is 5.26 Å². The van der Waals surface area contributed by atoms with Gasteiger partial charge in [-0.15, -0.1) is 11.3 Å². The van der Waals surface area contributed by atoms with Gasteiger partial charge in [-0.2, -0.15) is 18.4 Å². The fraction of sp³-hybridized carbons (Fsp3) is 0.435. The van der Waals surface area contributed by atoms with Crippen molar-refractivity contribution >= 4 is 39.8 Å². The molecule has 0 spiro atoms. The fourth-order valence-corrected chi connectivity index (χ4v) is 5.28. The van der Waals surface area contributed by atoms with Crippen LogP contribution in [0.15, 0.2) is 24.3 Å². The molecule has 2 aromatic rings. The highest BCUT2D eigenvalue weighted by Gasteiger charge is 2.64. The second kappa shape index (κ2) is 10.7. The van der Waals surface area contributed by atoms with Crippen LogP contribution in [-0.2, 0) is 22.4 Å². The van der Waals surface area contributed by atoms with Gasteiger partial charge in [0.2, 0.25) is 0 Å². The van der Waals surface area contributed by atoms with Gasteiger partial charge < -0.3 is 15.4 Å². The molecule has 1 aromatic carbocycles. The Labute approximate surface area is 204 Å². The molecule has 1 aromatic heterocycles. The van der Waals surface area contributed by atoms with E-state index in [-0.39, 0.29) is 27.8 Å². The molecule has 2 N–H and O–H groups in total. The number of rotatable bonds is 6. The maximum Gasteiger partial charge on any atom is 0.441 e. The van der Waals surface area contributed by atoms with Crippen LogP contribution in [0.3, 0.4) is 0 Å². The number of anilines is 1. The predicted octanol–water partition coefficient (Wildman–Crippen LogP) is 5.60. The minimum atomic E-state index is -5.31. The van der Waals surface area contributed by atoms with E-state index in [0.29, 0.717) is 18.4 Å². The molecule has 11 heteroatoms. The van der Waals surface area contributed by atoms with Gasteiger partial charge in [0.05, 0.1) is 12.2 Å². The van der Waals surface area contributed by atoms with E-state index in [0.717, 1.165) is 41.9 Å². The number of carbonyl (C=O) groups is 2. The monoisotopic (exact) mass is 513 g/mol. The minimum Gasteiger partial charge on any atom is -0.463 e. The van der Waals surface area contributed by atoms with Crippen LogP contribution < -0.4 is 10.6 Å². The number of ether oxygens (including phenoxy) is 1. The van der Waals surface area contributed by atoms with Crippen molar-refractivity contribution < 1.29 is 27.5 Å². The molecule has 1 atom stereocenters. The van der Waals surface area contributed by atoms with Crippen molar-refractivity contribution in [3.63, 3.8) is 0 Å². The van der Waals surface area contributed by atoms with Gasteiger partial charge >= 0.3 is 17.8 Å². The number of thiophene rings is 1. The Hall–Kier alpha value is -2.77. The molecule has 1 aliphatic carbocycles. The number of esters is 1. The lowest BCUT2D eigenvalue weighted by atomic mass is 9.97. The van der Waals surface area contributed by atoms with Gasteiger partial charge in [0.15, 0.2) is 0 Å². The maximum absolute atomic E-state index is 14.6. The SMILES string of the molecule is CCOC(=O)[C@@](NC(=O)c1cccc(Cl)c1)(Nc1sc2c(c1C#N)CCCCCC2)C(F)(F)F. The zero-order valence-corrected chi connectivity index (χ0v) is 19.9. The molecule has 1 aliphatic rings. The summed E-state index contributed by atoms with van der Waals surface area (Å²) >= 11 is 6.87. The van der Waals surface area contributed by atoms with E-state index in [1.54, 1.807) is 5.32 Å². The number of hydrogen-bond acceptors (Lipinski definition) is 6. The summed E-state index contributed by atoms with van der Waals surface area (Å²) in [6.45, 7) is 1.01. The molecule has 0 saturated heterocycles. The maximum atomic E-state index is 14.6. The van der Waals surface area contributed by atoms with E-state index in [1.807, 2.05) is 6.07 Å². The van der Waals surface area contributed by atoms with E-state index in [1.165, 1.54) is 31.2 Å². The van der Waals surface area contributed by atoms with Crippen molar-refractivity contribution in [1.82, 2.24) is 5.32 Å². The van der Waals surface area contributed by atoms with E-state index >= 15 is 0 Å². The Kier molecular flexibility index (Phi) is 8.10. The fourth-order valence-electron chi connectivity index (χ4n) is 3.80. The lowest BCUT2D eigenvalue weighted by Crippen LogP contribution is -2.69. The highest BCUT2D eigenvalue weighted by molar-refractivity contribution is 7.16. The van der Waals surface area contributed by atoms with Crippen LogP contribution in [0.25, 0.3) is 0 Å². The van der Waals surface area contributed by atoms with Gasteiger partial charge in [0.1, 0.15) is 11.1 Å². The van der Waals surface area contributed by atoms with Crippen LogP contribution in [0.1, 0.15) is 59.0 Å². The van der Waals surface area contributed by atoms with Crippen molar-refractivity contribution in [2.45, 2.75) is 57.3 Å². The van der Waals surface area contributed by atoms with Gasteiger partial charge in [-0.3, -0.25) is 4.79 Å². The summed E-state index contributed by atoms with van der Waals surface area (Å²) in [5.74, 6) is -2.92. The van der Waals surface area contributed by atoms with Crippen LogP contribution in [0.4, 0.5) is 18.2 Å². The molecule has 0 saturated carbocycles. The zero-order valence-electron chi connectivity index (χ0n) is 18.4. The van der Waals surface area contributed by atoms with Crippen molar-refractivity contribution in [2.24, 2.45) is 0 Å². The summed E-state index contributed by atoms with van der Waals surface area (Å²) in [4.78, 5) is 26.4. The van der Waals surface area contributed by atoms with Crippen molar-refractivity contribution in [2.75, 3.05) is 11.9 Å². The van der Waals surface area contributed by atoms with Crippen LogP contribution in [0.2, 0.25) is 5.02 Å². The van der Waals surface area contributed by atoms with Gasteiger partial charge in [0.25, 0.3) is 5.91 Å². The van der Waals surface area contributed by atoms with Gasteiger partial charge in [-0.25, -0.2) is 4.79 Å². The predicted molar refractivity (Wildman–Crippen MR) is 123 cm³/mol. The normalized spacial score (nSPS) is 15.6. The Morgan fingerprint density at radius 2 is 1.91 bits per heavy atom. The molecule has 1 heterocycles. The molecule has 1 amide bonds.